The molecule has 0 spiro atoms. The Morgan fingerprint density at radius 1 is 1.25 bits per heavy atom. The zero-order valence-electron chi connectivity index (χ0n) is 12.8. The SMILES string of the molecule is CCOC(=O)c1sc(-c2ccccc2)cc1NC(=O)c1ccno1. The minimum Gasteiger partial charge on any atom is -0.462 e. The molecule has 0 atom stereocenters. The number of nitrogens with zero attached hydrogens (tertiary/aromatic N) is 1. The third-order valence-corrected chi connectivity index (χ3v) is 4.33. The van der Waals surface area contributed by atoms with E-state index in [1.165, 1.54) is 23.6 Å². The molecule has 3 rings (SSSR count). The fraction of sp³-hybridized carbons (Fsp3) is 0.118. The molecule has 3 aromatic rings. The van der Waals surface area contributed by atoms with E-state index in [1.54, 1.807) is 13.0 Å². The van der Waals surface area contributed by atoms with E-state index in [0.717, 1.165) is 10.4 Å². The number of aromatic nitrogens is 1. The predicted octanol–water partition coefficient (Wildman–Crippen LogP) is 3.83. The van der Waals surface area contributed by atoms with Crippen LogP contribution in [-0.4, -0.2) is 23.6 Å². The van der Waals surface area contributed by atoms with Crippen molar-refractivity contribution in [2.24, 2.45) is 0 Å². The Hall–Kier alpha value is -2.93. The Morgan fingerprint density at radius 3 is 2.71 bits per heavy atom. The molecule has 0 radical (unpaired) electrons. The van der Waals surface area contributed by atoms with Crippen LogP contribution in [-0.2, 0) is 4.74 Å². The average Bonchev–Trinajstić information content (AvgIpc) is 3.26. The van der Waals surface area contributed by atoms with Crippen molar-refractivity contribution >= 4 is 28.9 Å². The van der Waals surface area contributed by atoms with Crippen LogP contribution < -0.4 is 5.32 Å². The first-order chi connectivity index (χ1) is 11.7. The van der Waals surface area contributed by atoms with Crippen molar-refractivity contribution in [1.29, 1.82) is 0 Å². The van der Waals surface area contributed by atoms with Crippen molar-refractivity contribution in [1.82, 2.24) is 5.16 Å². The van der Waals surface area contributed by atoms with E-state index < -0.39 is 11.9 Å². The van der Waals surface area contributed by atoms with Gasteiger partial charge in [-0.25, -0.2) is 4.79 Å². The lowest BCUT2D eigenvalue weighted by atomic mass is 10.2. The number of benzene rings is 1. The third kappa shape index (κ3) is 3.36. The van der Waals surface area contributed by atoms with Gasteiger partial charge in [0, 0.05) is 10.9 Å². The summed E-state index contributed by atoms with van der Waals surface area (Å²) in [6.07, 6.45) is 1.38. The van der Waals surface area contributed by atoms with E-state index in [9.17, 15) is 9.59 Å². The number of esters is 1. The average molecular weight is 342 g/mol. The highest BCUT2D eigenvalue weighted by Crippen LogP contribution is 2.35. The monoisotopic (exact) mass is 342 g/mol. The highest BCUT2D eigenvalue weighted by atomic mass is 32.1. The number of amides is 1. The van der Waals surface area contributed by atoms with Crippen LogP contribution in [0.5, 0.6) is 0 Å². The molecule has 2 aromatic heterocycles. The number of ether oxygens (including phenoxy) is 1. The molecule has 1 aromatic carbocycles. The van der Waals surface area contributed by atoms with Crippen molar-refractivity contribution in [3.63, 3.8) is 0 Å². The van der Waals surface area contributed by atoms with Crippen molar-refractivity contribution in [2.45, 2.75) is 6.92 Å². The third-order valence-electron chi connectivity index (χ3n) is 3.16. The lowest BCUT2D eigenvalue weighted by Gasteiger charge is -2.04. The summed E-state index contributed by atoms with van der Waals surface area (Å²) in [6, 6.07) is 12.8. The van der Waals surface area contributed by atoms with Gasteiger partial charge in [-0.1, -0.05) is 35.5 Å². The second kappa shape index (κ2) is 7.10. The van der Waals surface area contributed by atoms with Gasteiger partial charge in [-0.2, -0.15) is 0 Å². The molecular formula is C17H14N2O4S. The van der Waals surface area contributed by atoms with E-state index in [1.807, 2.05) is 30.3 Å². The summed E-state index contributed by atoms with van der Waals surface area (Å²) >= 11 is 1.26. The van der Waals surface area contributed by atoms with Crippen molar-refractivity contribution < 1.29 is 18.8 Å². The van der Waals surface area contributed by atoms with Gasteiger partial charge in [-0.3, -0.25) is 4.79 Å². The molecule has 0 saturated heterocycles. The first-order valence-electron chi connectivity index (χ1n) is 7.27. The van der Waals surface area contributed by atoms with Gasteiger partial charge in [0.1, 0.15) is 4.88 Å². The molecule has 1 N–H and O–H groups in total. The molecule has 0 aliphatic heterocycles. The number of rotatable bonds is 5. The Bertz CT molecular complexity index is 841. The maximum Gasteiger partial charge on any atom is 0.350 e. The van der Waals surface area contributed by atoms with Crippen LogP contribution in [0, 0.1) is 0 Å². The van der Waals surface area contributed by atoms with Gasteiger partial charge in [0.25, 0.3) is 5.91 Å². The molecule has 24 heavy (non-hydrogen) atoms. The molecule has 2 heterocycles. The van der Waals surface area contributed by atoms with Crippen molar-refractivity contribution in [2.75, 3.05) is 11.9 Å². The number of carbonyl (C=O) groups excluding carboxylic acids is 2. The zero-order valence-corrected chi connectivity index (χ0v) is 13.6. The van der Waals surface area contributed by atoms with Gasteiger partial charge < -0.3 is 14.6 Å². The fourth-order valence-corrected chi connectivity index (χ4v) is 3.11. The van der Waals surface area contributed by atoms with Crippen LogP contribution in [0.1, 0.15) is 27.2 Å². The van der Waals surface area contributed by atoms with Crippen LogP contribution in [0.4, 0.5) is 5.69 Å². The lowest BCUT2D eigenvalue weighted by Crippen LogP contribution is -2.13. The topological polar surface area (TPSA) is 81.4 Å². The molecule has 122 valence electrons. The number of carbonyl (C=O) groups is 2. The van der Waals surface area contributed by atoms with Gasteiger partial charge >= 0.3 is 5.97 Å². The standard InChI is InChI=1S/C17H14N2O4S/c1-2-22-17(21)15-12(19-16(20)13-8-9-18-23-13)10-14(24-15)11-6-4-3-5-7-11/h3-10H,2H2,1H3,(H,19,20). The van der Waals surface area contributed by atoms with Gasteiger partial charge in [0.05, 0.1) is 18.5 Å². The van der Waals surface area contributed by atoms with E-state index in [4.69, 9.17) is 9.26 Å². The number of nitrogens with one attached hydrogen (secondary N) is 1. The molecule has 0 fully saturated rings. The normalized spacial score (nSPS) is 10.4. The summed E-state index contributed by atoms with van der Waals surface area (Å²) in [5.41, 5.74) is 1.34. The van der Waals surface area contributed by atoms with Gasteiger partial charge in [0.2, 0.25) is 5.76 Å². The summed E-state index contributed by atoms with van der Waals surface area (Å²) in [4.78, 5) is 25.5. The second-order valence-corrected chi connectivity index (χ2v) is 5.82. The Morgan fingerprint density at radius 2 is 2.04 bits per heavy atom. The Balaban J connectivity index is 1.95. The smallest absolute Gasteiger partial charge is 0.350 e. The van der Waals surface area contributed by atoms with Gasteiger partial charge in [0.15, 0.2) is 0 Å². The molecule has 0 bridgehead atoms. The molecule has 0 aliphatic carbocycles. The number of hydrogen-bond donors (Lipinski definition) is 1. The van der Waals surface area contributed by atoms with Crippen LogP contribution in [0.15, 0.2) is 53.2 Å². The number of thiophene rings is 1. The van der Waals surface area contributed by atoms with Crippen molar-refractivity contribution in [3.8, 4) is 10.4 Å². The summed E-state index contributed by atoms with van der Waals surface area (Å²) in [6.45, 7) is 1.99. The largest absolute Gasteiger partial charge is 0.462 e. The second-order valence-electron chi connectivity index (χ2n) is 4.77. The number of hydrogen-bond acceptors (Lipinski definition) is 6. The molecular weight excluding hydrogens is 328 g/mol. The molecule has 0 unspecified atom stereocenters. The van der Waals surface area contributed by atoms with E-state index >= 15 is 0 Å². The van der Waals surface area contributed by atoms with Crippen LogP contribution in [0.2, 0.25) is 0 Å². The molecule has 7 heteroatoms. The van der Waals surface area contributed by atoms with Crippen LogP contribution >= 0.6 is 11.3 Å². The number of anilines is 1. The van der Waals surface area contributed by atoms with E-state index in [2.05, 4.69) is 10.5 Å². The highest BCUT2D eigenvalue weighted by Gasteiger charge is 2.21. The van der Waals surface area contributed by atoms with Crippen molar-refractivity contribution in [3.05, 3.63) is 59.3 Å². The molecule has 6 nitrogen and oxygen atoms in total. The Labute approximate surface area is 142 Å². The predicted molar refractivity (Wildman–Crippen MR) is 90.2 cm³/mol. The zero-order chi connectivity index (χ0) is 16.9. The van der Waals surface area contributed by atoms with Crippen LogP contribution in [0.3, 0.4) is 0 Å². The summed E-state index contributed by atoms with van der Waals surface area (Å²) in [5.74, 6) is -0.884. The minimum atomic E-state index is -0.476. The minimum absolute atomic E-state index is 0.0669. The summed E-state index contributed by atoms with van der Waals surface area (Å²) in [7, 11) is 0. The fourth-order valence-electron chi connectivity index (χ4n) is 2.09. The maximum absolute atomic E-state index is 12.2. The molecule has 0 saturated carbocycles. The quantitative estimate of drug-likeness (QED) is 0.713. The van der Waals surface area contributed by atoms with Gasteiger partial charge in [-0.15, -0.1) is 11.3 Å². The maximum atomic E-state index is 12.2. The summed E-state index contributed by atoms with van der Waals surface area (Å²) in [5, 5.41) is 6.18. The first kappa shape index (κ1) is 15.9. The van der Waals surface area contributed by atoms with Gasteiger partial charge in [-0.05, 0) is 18.6 Å². The summed E-state index contributed by atoms with van der Waals surface area (Å²) < 4.78 is 9.91. The van der Waals surface area contributed by atoms with E-state index in [0.29, 0.717) is 10.6 Å². The molecule has 0 aliphatic rings. The van der Waals surface area contributed by atoms with Crippen LogP contribution in [0.25, 0.3) is 10.4 Å². The lowest BCUT2D eigenvalue weighted by molar-refractivity contribution is 0.0533. The highest BCUT2D eigenvalue weighted by molar-refractivity contribution is 7.18. The molecule has 1 amide bonds. The van der Waals surface area contributed by atoms with E-state index in [-0.39, 0.29) is 12.4 Å². The first-order valence-corrected chi connectivity index (χ1v) is 8.09. The Kier molecular flexibility index (Phi) is 4.72.